The molecule has 1 aromatic rings. The summed E-state index contributed by atoms with van der Waals surface area (Å²) in [6.45, 7) is 12.9. The number of fused-ring (bicyclic) bond motifs is 1. The van der Waals surface area contributed by atoms with Crippen LogP contribution in [0.3, 0.4) is 0 Å². The average Bonchev–Trinajstić information content (AvgIpc) is 2.79. The van der Waals surface area contributed by atoms with E-state index in [2.05, 4.69) is 39.2 Å². The first kappa shape index (κ1) is 25.9. The van der Waals surface area contributed by atoms with Crippen molar-refractivity contribution in [2.45, 2.75) is 84.7 Å². The Morgan fingerprint density at radius 1 is 1.20 bits per heavy atom. The Morgan fingerprint density at radius 2 is 1.86 bits per heavy atom. The standard InChI is InChI=1S/C27H40N2O5Si/c1-17(22-21(23(30)28-22)19(26(2,3)4)16-33-35(5)6)24(31)29-25(32)18-12-8-9-13-20(18)34-27(29)14-10-7-11-15-27/h8-9,12-13,17,19,21-22,35H,7,10-11,14-16H2,1-6H3,(H,28,30)/t17-,19-,21+,22-/m1/s1. The number of rotatable bonds is 6. The fourth-order valence-electron chi connectivity index (χ4n) is 5.85. The van der Waals surface area contributed by atoms with Gasteiger partial charge in [0.15, 0.2) is 14.8 Å². The molecule has 1 aliphatic carbocycles. The number of para-hydroxylation sites is 1. The van der Waals surface area contributed by atoms with E-state index in [4.69, 9.17) is 9.16 Å². The van der Waals surface area contributed by atoms with E-state index < -0.39 is 20.7 Å². The fraction of sp³-hybridized carbons (Fsp3) is 0.667. The highest BCUT2D eigenvalue weighted by Crippen LogP contribution is 2.45. The van der Waals surface area contributed by atoms with Crippen molar-refractivity contribution in [2.75, 3.05) is 6.61 Å². The van der Waals surface area contributed by atoms with Crippen molar-refractivity contribution in [2.24, 2.45) is 23.2 Å². The van der Waals surface area contributed by atoms with Crippen LogP contribution in [-0.4, -0.2) is 50.0 Å². The van der Waals surface area contributed by atoms with Crippen molar-refractivity contribution < 1.29 is 23.5 Å². The van der Waals surface area contributed by atoms with Gasteiger partial charge in [0, 0.05) is 19.4 Å². The molecule has 0 unspecified atom stereocenters. The van der Waals surface area contributed by atoms with Gasteiger partial charge in [-0.3, -0.25) is 14.4 Å². The Bertz CT molecular complexity index is 982. The highest BCUT2D eigenvalue weighted by atomic mass is 28.3. The molecule has 0 radical (unpaired) electrons. The quantitative estimate of drug-likeness (QED) is 0.469. The molecular weight excluding hydrogens is 460 g/mol. The summed E-state index contributed by atoms with van der Waals surface area (Å²) in [5.41, 5.74) is -0.699. The summed E-state index contributed by atoms with van der Waals surface area (Å²) >= 11 is 0. The molecule has 1 saturated carbocycles. The second kappa shape index (κ2) is 9.69. The van der Waals surface area contributed by atoms with Crippen LogP contribution in [0.1, 0.15) is 70.2 Å². The van der Waals surface area contributed by atoms with Crippen molar-refractivity contribution in [3.8, 4) is 5.75 Å². The van der Waals surface area contributed by atoms with Crippen LogP contribution in [0.15, 0.2) is 24.3 Å². The number of ether oxygens (including phenoxy) is 1. The maximum Gasteiger partial charge on any atom is 0.267 e. The van der Waals surface area contributed by atoms with E-state index in [1.165, 1.54) is 4.90 Å². The number of β-lactam (4-membered cyclic amide) rings is 1. The number of hydrogen-bond donors (Lipinski definition) is 1. The average molecular weight is 501 g/mol. The number of amides is 3. The van der Waals surface area contributed by atoms with Gasteiger partial charge in [0.05, 0.1) is 23.4 Å². The number of imide groups is 1. The van der Waals surface area contributed by atoms with Crippen molar-refractivity contribution in [3.63, 3.8) is 0 Å². The summed E-state index contributed by atoms with van der Waals surface area (Å²) in [5.74, 6) is -0.976. The number of nitrogens with zero attached hydrogens (tertiary/aromatic N) is 1. The van der Waals surface area contributed by atoms with Crippen molar-refractivity contribution >= 4 is 26.8 Å². The van der Waals surface area contributed by atoms with Crippen molar-refractivity contribution in [1.82, 2.24) is 10.2 Å². The molecule has 3 aliphatic rings. The predicted molar refractivity (Wildman–Crippen MR) is 136 cm³/mol. The fourth-order valence-corrected chi connectivity index (χ4v) is 6.44. The van der Waals surface area contributed by atoms with Gasteiger partial charge in [-0.2, -0.15) is 0 Å². The van der Waals surface area contributed by atoms with Crippen LogP contribution in [0.4, 0.5) is 0 Å². The van der Waals surface area contributed by atoms with E-state index in [9.17, 15) is 14.4 Å². The van der Waals surface area contributed by atoms with Crippen molar-refractivity contribution in [3.05, 3.63) is 29.8 Å². The lowest BCUT2D eigenvalue weighted by molar-refractivity contribution is -0.163. The molecule has 7 nitrogen and oxygen atoms in total. The van der Waals surface area contributed by atoms with Gasteiger partial charge in [-0.1, -0.05) is 46.2 Å². The van der Waals surface area contributed by atoms with Gasteiger partial charge in [-0.15, -0.1) is 0 Å². The number of hydrogen-bond acceptors (Lipinski definition) is 5. The number of benzene rings is 1. The summed E-state index contributed by atoms with van der Waals surface area (Å²) in [7, 11) is -1.27. The molecule has 2 aliphatic heterocycles. The predicted octanol–water partition coefficient (Wildman–Crippen LogP) is 4.12. The van der Waals surface area contributed by atoms with Crippen molar-refractivity contribution in [1.29, 1.82) is 0 Å². The Kier molecular flexibility index (Phi) is 7.17. The molecule has 0 aromatic heterocycles. The van der Waals surface area contributed by atoms with Gasteiger partial charge >= 0.3 is 0 Å². The molecule has 8 heteroatoms. The van der Waals surface area contributed by atoms with Crippen LogP contribution < -0.4 is 10.1 Å². The summed E-state index contributed by atoms with van der Waals surface area (Å²) in [4.78, 5) is 42.0. The third kappa shape index (κ3) is 4.79. The van der Waals surface area contributed by atoms with E-state index >= 15 is 0 Å². The lowest BCUT2D eigenvalue weighted by atomic mass is 9.65. The molecule has 2 fully saturated rings. The zero-order valence-corrected chi connectivity index (χ0v) is 23.1. The SMILES string of the molecule is C[C@@H](C(=O)N1C(=O)c2ccccc2OC12CCCCC2)[C@H]1NC(=O)[C@H]1[C@@H](CO[SiH](C)C)C(C)(C)C. The molecule has 4 rings (SSSR count). The Labute approximate surface area is 210 Å². The molecule has 1 N–H and O–H groups in total. The summed E-state index contributed by atoms with van der Waals surface area (Å²) in [5, 5.41) is 3.00. The van der Waals surface area contributed by atoms with Gasteiger partial charge in [0.2, 0.25) is 11.8 Å². The van der Waals surface area contributed by atoms with Gasteiger partial charge in [0.1, 0.15) is 5.75 Å². The van der Waals surface area contributed by atoms with Crippen LogP contribution in [-0.2, 0) is 14.0 Å². The second-order valence-electron chi connectivity index (χ2n) is 11.8. The van der Waals surface area contributed by atoms with Gasteiger partial charge in [-0.05, 0) is 49.4 Å². The molecule has 1 aromatic carbocycles. The summed E-state index contributed by atoms with van der Waals surface area (Å²) in [6, 6.07) is 6.82. The molecule has 4 atom stereocenters. The number of nitrogens with one attached hydrogen (secondary N) is 1. The molecule has 35 heavy (non-hydrogen) atoms. The molecule has 192 valence electrons. The van der Waals surface area contributed by atoms with Crippen LogP contribution in [0.25, 0.3) is 0 Å². The first-order valence-electron chi connectivity index (χ1n) is 13.0. The first-order valence-corrected chi connectivity index (χ1v) is 15.8. The Morgan fingerprint density at radius 3 is 2.46 bits per heavy atom. The van der Waals surface area contributed by atoms with Crippen LogP contribution in [0.5, 0.6) is 5.75 Å². The highest BCUT2D eigenvalue weighted by Gasteiger charge is 2.56. The van der Waals surface area contributed by atoms with Crippen LogP contribution in [0.2, 0.25) is 13.1 Å². The molecule has 0 bridgehead atoms. The summed E-state index contributed by atoms with van der Waals surface area (Å²) in [6.07, 6.45) is 4.12. The first-order chi connectivity index (χ1) is 16.5. The molecule has 1 spiro atoms. The van der Waals surface area contributed by atoms with Gasteiger partial charge in [0.25, 0.3) is 5.91 Å². The second-order valence-corrected chi connectivity index (χ2v) is 14.2. The van der Waals surface area contributed by atoms with Gasteiger partial charge < -0.3 is 14.5 Å². The van der Waals surface area contributed by atoms with Crippen LogP contribution in [0, 0.1) is 23.2 Å². The number of carbonyl (C=O) groups is 3. The third-order valence-corrected chi connectivity index (χ3v) is 8.82. The molecule has 2 heterocycles. The topological polar surface area (TPSA) is 84.9 Å². The normalized spacial score (nSPS) is 25.4. The lowest BCUT2D eigenvalue weighted by Gasteiger charge is -2.51. The van der Waals surface area contributed by atoms with Gasteiger partial charge in [-0.25, -0.2) is 4.90 Å². The minimum Gasteiger partial charge on any atom is -0.467 e. The van der Waals surface area contributed by atoms with Crippen LogP contribution >= 0.6 is 0 Å². The third-order valence-electron chi connectivity index (χ3n) is 7.96. The Hall–Kier alpha value is -2.19. The summed E-state index contributed by atoms with van der Waals surface area (Å²) < 4.78 is 12.5. The molecule has 3 amide bonds. The maximum absolute atomic E-state index is 14.1. The van der Waals surface area contributed by atoms with E-state index in [0.717, 1.165) is 19.3 Å². The molecular formula is C27H40N2O5Si. The monoisotopic (exact) mass is 500 g/mol. The number of carbonyl (C=O) groups excluding carboxylic acids is 3. The Balaban J connectivity index is 1.63. The van der Waals surface area contributed by atoms with E-state index in [1.54, 1.807) is 12.1 Å². The lowest BCUT2D eigenvalue weighted by Crippen LogP contribution is -2.69. The minimum atomic E-state index is -1.27. The molecule has 1 saturated heterocycles. The van der Waals surface area contributed by atoms with E-state index in [0.29, 0.717) is 30.8 Å². The maximum atomic E-state index is 14.1. The zero-order chi connectivity index (χ0) is 25.5. The minimum absolute atomic E-state index is 0.0240. The smallest absolute Gasteiger partial charge is 0.267 e. The zero-order valence-electron chi connectivity index (χ0n) is 21.9. The largest absolute Gasteiger partial charge is 0.467 e. The highest BCUT2D eigenvalue weighted by molar-refractivity contribution is 6.48. The van der Waals surface area contributed by atoms with E-state index in [1.807, 2.05) is 19.1 Å². The van der Waals surface area contributed by atoms with E-state index in [-0.39, 0.29) is 41.0 Å².